The maximum absolute atomic E-state index is 14.7. The van der Waals surface area contributed by atoms with Gasteiger partial charge in [-0.25, -0.2) is 13.9 Å². The Morgan fingerprint density at radius 3 is 2.56 bits per heavy atom. The van der Waals surface area contributed by atoms with Gasteiger partial charge in [0.25, 0.3) is 11.8 Å². The molecule has 3 N–H and O–H groups in total. The SMILES string of the molecule is O=C(NCCN1CCNC1=O)c1cc(NC(=O)c2cc(-c3ccccn3)c(F)cc2Cl)n(-c2ccccc2)n1. The van der Waals surface area contributed by atoms with E-state index in [1.807, 2.05) is 6.07 Å². The quantitative estimate of drug-likeness (QED) is 0.310. The van der Waals surface area contributed by atoms with Gasteiger partial charge in [-0.2, -0.15) is 5.10 Å². The zero-order chi connectivity index (χ0) is 27.4. The Labute approximate surface area is 227 Å². The number of nitrogens with zero attached hydrogens (tertiary/aromatic N) is 4. The molecular weight excluding hydrogens is 525 g/mol. The van der Waals surface area contributed by atoms with Crippen LogP contribution < -0.4 is 16.0 Å². The first-order valence-corrected chi connectivity index (χ1v) is 12.5. The third kappa shape index (κ3) is 5.73. The molecule has 0 unspecified atom stereocenters. The Hall–Kier alpha value is -4.77. The van der Waals surface area contributed by atoms with E-state index in [4.69, 9.17) is 11.6 Å². The van der Waals surface area contributed by atoms with Crippen molar-refractivity contribution < 1.29 is 18.8 Å². The molecule has 0 saturated carbocycles. The van der Waals surface area contributed by atoms with Crippen molar-refractivity contribution in [2.45, 2.75) is 0 Å². The average molecular weight is 548 g/mol. The molecule has 0 bridgehead atoms. The van der Waals surface area contributed by atoms with Crippen molar-refractivity contribution in [1.29, 1.82) is 0 Å². The third-order valence-electron chi connectivity index (χ3n) is 6.04. The van der Waals surface area contributed by atoms with Crippen LogP contribution in [0.2, 0.25) is 5.02 Å². The number of benzene rings is 2. The fourth-order valence-corrected chi connectivity index (χ4v) is 4.33. The van der Waals surface area contributed by atoms with E-state index in [1.54, 1.807) is 47.4 Å². The van der Waals surface area contributed by atoms with E-state index in [0.717, 1.165) is 6.07 Å². The fourth-order valence-electron chi connectivity index (χ4n) is 4.09. The first kappa shape index (κ1) is 25.9. The number of aromatic nitrogens is 3. The van der Waals surface area contributed by atoms with Crippen LogP contribution in [0.3, 0.4) is 0 Å². The lowest BCUT2D eigenvalue weighted by atomic mass is 10.1. The standard InChI is InChI=1S/C27H23ClFN7O3/c28-20-15-21(29)19(22-8-4-5-9-30-22)14-18(20)25(37)33-24-16-23(34-36(24)17-6-2-1-3-7-17)26(38)31-10-12-35-13-11-32-27(35)39/h1-9,14-16H,10-13H2,(H,31,38)(H,32,39)(H,33,37). The summed E-state index contributed by atoms with van der Waals surface area (Å²) < 4.78 is 16.1. The van der Waals surface area contributed by atoms with Gasteiger partial charge in [-0.05, 0) is 36.4 Å². The molecule has 39 heavy (non-hydrogen) atoms. The lowest BCUT2D eigenvalue weighted by Crippen LogP contribution is -2.36. The summed E-state index contributed by atoms with van der Waals surface area (Å²) in [6.07, 6.45) is 1.52. The van der Waals surface area contributed by atoms with Gasteiger partial charge in [0.1, 0.15) is 11.6 Å². The largest absolute Gasteiger partial charge is 0.349 e. The molecule has 10 nitrogen and oxygen atoms in total. The van der Waals surface area contributed by atoms with Crippen molar-refractivity contribution in [3.05, 3.63) is 95.0 Å². The molecule has 1 aliphatic heterocycles. The van der Waals surface area contributed by atoms with Crippen LogP contribution >= 0.6 is 11.6 Å². The molecule has 12 heteroatoms. The van der Waals surface area contributed by atoms with Crippen LogP contribution in [-0.4, -0.2) is 63.7 Å². The maximum Gasteiger partial charge on any atom is 0.317 e. The topological polar surface area (TPSA) is 121 Å². The van der Waals surface area contributed by atoms with E-state index in [9.17, 15) is 18.8 Å². The number of urea groups is 1. The second kappa shape index (κ2) is 11.3. The zero-order valence-corrected chi connectivity index (χ0v) is 21.3. The van der Waals surface area contributed by atoms with Crippen LogP contribution in [0.1, 0.15) is 20.8 Å². The number of carbonyl (C=O) groups is 3. The maximum atomic E-state index is 14.7. The van der Waals surface area contributed by atoms with Gasteiger partial charge in [0.2, 0.25) is 0 Å². The van der Waals surface area contributed by atoms with E-state index in [0.29, 0.717) is 31.0 Å². The molecule has 0 atom stereocenters. The van der Waals surface area contributed by atoms with E-state index >= 15 is 0 Å². The van der Waals surface area contributed by atoms with Gasteiger partial charge in [-0.15, -0.1) is 0 Å². The van der Waals surface area contributed by atoms with Crippen molar-refractivity contribution in [3.63, 3.8) is 0 Å². The van der Waals surface area contributed by atoms with Crippen molar-refractivity contribution in [2.24, 2.45) is 0 Å². The second-order valence-electron chi connectivity index (χ2n) is 8.62. The number of halogens is 2. The summed E-state index contributed by atoms with van der Waals surface area (Å²) in [6, 6.07) is 17.6. The zero-order valence-electron chi connectivity index (χ0n) is 20.5. The molecule has 2 aromatic heterocycles. The van der Waals surface area contributed by atoms with Crippen molar-refractivity contribution in [1.82, 2.24) is 30.3 Å². The molecule has 0 aliphatic carbocycles. The molecule has 1 saturated heterocycles. The Balaban J connectivity index is 1.40. The molecule has 4 aromatic rings. The Bertz CT molecular complexity index is 1530. The first-order valence-electron chi connectivity index (χ1n) is 12.1. The smallest absolute Gasteiger partial charge is 0.317 e. The number of pyridine rings is 1. The normalized spacial score (nSPS) is 12.8. The summed E-state index contributed by atoms with van der Waals surface area (Å²) in [5.41, 5.74) is 1.14. The minimum absolute atomic E-state index is 0.0226. The molecule has 1 aliphatic rings. The number of amides is 4. The number of anilines is 1. The van der Waals surface area contributed by atoms with Gasteiger partial charge in [0.05, 0.1) is 22.0 Å². The highest BCUT2D eigenvalue weighted by Gasteiger charge is 2.22. The number of carbonyl (C=O) groups excluding carboxylic acids is 3. The van der Waals surface area contributed by atoms with Gasteiger partial charge in [0, 0.05) is 44.0 Å². The Morgan fingerprint density at radius 2 is 1.85 bits per heavy atom. The average Bonchev–Trinajstić information content (AvgIpc) is 3.55. The van der Waals surface area contributed by atoms with Crippen LogP contribution in [0.15, 0.2) is 72.9 Å². The van der Waals surface area contributed by atoms with Gasteiger partial charge < -0.3 is 20.9 Å². The van der Waals surface area contributed by atoms with E-state index in [-0.39, 0.29) is 40.2 Å². The minimum Gasteiger partial charge on any atom is -0.349 e. The van der Waals surface area contributed by atoms with Crippen molar-refractivity contribution in [3.8, 4) is 16.9 Å². The molecule has 1 fully saturated rings. The van der Waals surface area contributed by atoms with E-state index in [2.05, 4.69) is 26.0 Å². The van der Waals surface area contributed by atoms with Gasteiger partial charge >= 0.3 is 6.03 Å². The van der Waals surface area contributed by atoms with Crippen LogP contribution in [0.5, 0.6) is 0 Å². The van der Waals surface area contributed by atoms with Crippen LogP contribution in [-0.2, 0) is 0 Å². The first-order chi connectivity index (χ1) is 18.9. The third-order valence-corrected chi connectivity index (χ3v) is 6.35. The summed E-state index contributed by atoms with van der Waals surface area (Å²) in [6.45, 7) is 1.72. The molecule has 4 amide bonds. The summed E-state index contributed by atoms with van der Waals surface area (Å²) in [7, 11) is 0. The molecule has 5 rings (SSSR count). The molecule has 198 valence electrons. The Kier molecular flexibility index (Phi) is 7.50. The summed E-state index contributed by atoms with van der Waals surface area (Å²) in [5, 5.41) is 12.5. The highest BCUT2D eigenvalue weighted by molar-refractivity contribution is 6.34. The van der Waals surface area contributed by atoms with Gasteiger partial charge in [0.15, 0.2) is 5.69 Å². The number of nitrogens with one attached hydrogen (secondary N) is 3. The highest BCUT2D eigenvalue weighted by Crippen LogP contribution is 2.28. The van der Waals surface area contributed by atoms with Crippen LogP contribution in [0.25, 0.3) is 16.9 Å². The van der Waals surface area contributed by atoms with E-state index < -0.39 is 17.6 Å². The Morgan fingerprint density at radius 1 is 1.05 bits per heavy atom. The van der Waals surface area contributed by atoms with Crippen molar-refractivity contribution in [2.75, 3.05) is 31.5 Å². The van der Waals surface area contributed by atoms with Crippen LogP contribution in [0.4, 0.5) is 15.0 Å². The number of para-hydroxylation sites is 1. The molecule has 2 aromatic carbocycles. The lowest BCUT2D eigenvalue weighted by Gasteiger charge is -2.13. The number of hydrogen-bond acceptors (Lipinski definition) is 5. The van der Waals surface area contributed by atoms with E-state index in [1.165, 1.54) is 23.0 Å². The lowest BCUT2D eigenvalue weighted by molar-refractivity contribution is 0.0944. The summed E-state index contributed by atoms with van der Waals surface area (Å²) >= 11 is 6.24. The van der Waals surface area contributed by atoms with Gasteiger partial charge in [-0.3, -0.25) is 14.6 Å². The fraction of sp³-hybridized carbons (Fsp3) is 0.148. The number of rotatable bonds is 8. The van der Waals surface area contributed by atoms with Crippen LogP contribution in [0, 0.1) is 5.82 Å². The molecular formula is C27H23ClFN7O3. The number of hydrogen-bond donors (Lipinski definition) is 3. The van der Waals surface area contributed by atoms with Crippen molar-refractivity contribution >= 4 is 35.3 Å². The predicted molar refractivity (Wildman–Crippen MR) is 143 cm³/mol. The summed E-state index contributed by atoms with van der Waals surface area (Å²) in [5.74, 6) is -1.51. The second-order valence-corrected chi connectivity index (χ2v) is 9.03. The highest BCUT2D eigenvalue weighted by atomic mass is 35.5. The minimum atomic E-state index is -0.624. The summed E-state index contributed by atoms with van der Waals surface area (Å²) in [4.78, 5) is 43.6. The molecule has 0 spiro atoms. The van der Waals surface area contributed by atoms with Gasteiger partial charge in [-0.1, -0.05) is 35.9 Å². The molecule has 0 radical (unpaired) electrons. The molecule has 3 heterocycles. The predicted octanol–water partition coefficient (Wildman–Crippen LogP) is 3.73. The monoisotopic (exact) mass is 547 g/mol.